The fourth-order valence-corrected chi connectivity index (χ4v) is 4.14. The van der Waals surface area contributed by atoms with Gasteiger partial charge in [-0.1, -0.05) is 42.5 Å². The number of benzene rings is 2. The molecule has 4 aromatic rings. The molecule has 0 aliphatic rings. The Balaban J connectivity index is 1.74. The fourth-order valence-electron chi connectivity index (χ4n) is 3.46. The van der Waals surface area contributed by atoms with Gasteiger partial charge in [0.15, 0.2) is 0 Å². The lowest BCUT2D eigenvalue weighted by Crippen LogP contribution is -2.00. The Morgan fingerprint density at radius 3 is 2.39 bits per heavy atom. The minimum Gasteiger partial charge on any atom is -0.478 e. The Labute approximate surface area is 162 Å². The van der Waals surface area contributed by atoms with E-state index in [2.05, 4.69) is 21.7 Å². The summed E-state index contributed by atoms with van der Waals surface area (Å²) in [6.45, 7) is 3.14. The Morgan fingerprint density at radius 1 is 0.964 bits per heavy atom. The highest BCUT2D eigenvalue weighted by molar-refractivity contribution is 7.50. The normalized spacial score (nSPS) is 12.0. The van der Waals surface area contributed by atoms with E-state index in [0.717, 1.165) is 27.5 Å². The topological polar surface area (TPSA) is 84.6 Å². The molecule has 2 aromatic heterocycles. The number of fused-ring (bicyclic) bond motifs is 3. The molecule has 0 amide bonds. The number of pyridine rings is 1. The molecule has 2 aromatic carbocycles. The number of ether oxygens (including phenoxy) is 1. The minimum atomic E-state index is -4.06. The van der Waals surface area contributed by atoms with Crippen molar-refractivity contribution in [2.45, 2.75) is 19.6 Å². The van der Waals surface area contributed by atoms with E-state index in [-0.39, 0.29) is 6.16 Å². The zero-order chi connectivity index (χ0) is 19.7. The molecule has 0 fully saturated rings. The highest BCUT2D eigenvalue weighted by atomic mass is 31.2. The largest absolute Gasteiger partial charge is 0.478 e. The molecule has 6 nitrogen and oxygen atoms in total. The maximum atomic E-state index is 11.2. The smallest absolute Gasteiger partial charge is 0.329 e. The standard InChI is InChI=1S/C21H21N2O4P/c1-2-27-20-12-11-19-21(22-20)17-5-3-4-6-18(17)23(19)13-15-7-9-16(10-8-15)14-28(24,25)26/h3-12H,2,13-14H2,1H3,(H2,24,25,26). The quantitative estimate of drug-likeness (QED) is 0.475. The summed E-state index contributed by atoms with van der Waals surface area (Å²) in [5.41, 5.74) is 4.68. The van der Waals surface area contributed by atoms with Gasteiger partial charge in [-0.15, -0.1) is 0 Å². The van der Waals surface area contributed by atoms with E-state index < -0.39 is 7.60 Å². The fraction of sp³-hybridized carbons (Fsp3) is 0.190. The predicted octanol–water partition coefficient (Wildman–Crippen LogP) is 4.31. The van der Waals surface area contributed by atoms with Crippen molar-refractivity contribution < 1.29 is 19.1 Å². The first-order chi connectivity index (χ1) is 13.4. The van der Waals surface area contributed by atoms with Crippen LogP contribution in [0.2, 0.25) is 0 Å². The van der Waals surface area contributed by atoms with E-state index in [0.29, 0.717) is 24.6 Å². The molecular formula is C21H21N2O4P. The highest BCUT2D eigenvalue weighted by Gasteiger charge is 2.15. The number of hydrogen-bond donors (Lipinski definition) is 2. The molecule has 2 heterocycles. The molecule has 4 rings (SSSR count). The Kier molecular flexibility index (Phi) is 4.94. The second-order valence-electron chi connectivity index (χ2n) is 6.69. The van der Waals surface area contributed by atoms with Gasteiger partial charge in [-0.3, -0.25) is 4.57 Å². The number of rotatable bonds is 6. The maximum Gasteiger partial charge on any atom is 0.329 e. The first kappa shape index (κ1) is 18.7. The molecule has 0 saturated heterocycles. The van der Waals surface area contributed by atoms with E-state index in [1.807, 2.05) is 43.3 Å². The van der Waals surface area contributed by atoms with Crippen LogP contribution in [0.25, 0.3) is 21.9 Å². The predicted molar refractivity (Wildman–Crippen MR) is 110 cm³/mol. The summed E-state index contributed by atoms with van der Waals surface area (Å²) in [6.07, 6.45) is -0.243. The monoisotopic (exact) mass is 396 g/mol. The van der Waals surface area contributed by atoms with E-state index in [4.69, 9.17) is 14.5 Å². The molecule has 0 saturated carbocycles. The van der Waals surface area contributed by atoms with Crippen molar-refractivity contribution in [3.8, 4) is 5.88 Å². The van der Waals surface area contributed by atoms with Crippen LogP contribution >= 0.6 is 7.60 Å². The first-order valence-electron chi connectivity index (χ1n) is 9.08. The van der Waals surface area contributed by atoms with Gasteiger partial charge in [-0.2, -0.15) is 0 Å². The van der Waals surface area contributed by atoms with Gasteiger partial charge in [-0.25, -0.2) is 4.98 Å². The van der Waals surface area contributed by atoms with Crippen LogP contribution in [0.3, 0.4) is 0 Å². The second kappa shape index (κ2) is 7.40. The lowest BCUT2D eigenvalue weighted by Gasteiger charge is -2.09. The van der Waals surface area contributed by atoms with Crippen LogP contribution in [-0.2, 0) is 17.3 Å². The molecule has 144 valence electrons. The van der Waals surface area contributed by atoms with Gasteiger partial charge in [0.1, 0.15) is 5.52 Å². The minimum absolute atomic E-state index is 0.243. The molecule has 7 heteroatoms. The Morgan fingerprint density at radius 2 is 1.68 bits per heavy atom. The molecule has 0 spiro atoms. The molecule has 0 aliphatic carbocycles. The van der Waals surface area contributed by atoms with E-state index >= 15 is 0 Å². The first-order valence-corrected chi connectivity index (χ1v) is 10.9. The van der Waals surface area contributed by atoms with E-state index in [9.17, 15) is 4.57 Å². The zero-order valence-corrected chi connectivity index (χ0v) is 16.3. The van der Waals surface area contributed by atoms with Crippen molar-refractivity contribution in [1.29, 1.82) is 0 Å². The molecular weight excluding hydrogens is 375 g/mol. The van der Waals surface area contributed by atoms with Crippen LogP contribution in [0, 0.1) is 0 Å². The molecule has 0 bridgehead atoms. The average Bonchev–Trinajstić information content (AvgIpc) is 2.96. The average molecular weight is 396 g/mol. The highest BCUT2D eigenvalue weighted by Crippen LogP contribution is 2.39. The second-order valence-corrected chi connectivity index (χ2v) is 8.34. The van der Waals surface area contributed by atoms with Gasteiger partial charge in [0.25, 0.3) is 0 Å². The summed E-state index contributed by atoms with van der Waals surface area (Å²) in [7, 11) is -4.06. The van der Waals surface area contributed by atoms with Crippen LogP contribution in [0.15, 0.2) is 60.7 Å². The zero-order valence-electron chi connectivity index (χ0n) is 15.4. The molecule has 28 heavy (non-hydrogen) atoms. The third-order valence-corrected chi connectivity index (χ3v) is 5.41. The van der Waals surface area contributed by atoms with Crippen LogP contribution in [0.4, 0.5) is 0 Å². The number of aromatic nitrogens is 2. The summed E-state index contributed by atoms with van der Waals surface area (Å²) in [5.74, 6) is 0.611. The number of para-hydroxylation sites is 1. The lowest BCUT2D eigenvalue weighted by molar-refractivity contribution is 0.328. The summed E-state index contributed by atoms with van der Waals surface area (Å²) < 4.78 is 18.9. The third-order valence-electron chi connectivity index (χ3n) is 4.63. The van der Waals surface area contributed by atoms with E-state index in [1.165, 1.54) is 0 Å². The van der Waals surface area contributed by atoms with Crippen molar-refractivity contribution in [2.75, 3.05) is 6.61 Å². The Bertz CT molecular complexity index is 1180. The van der Waals surface area contributed by atoms with Crippen molar-refractivity contribution >= 4 is 29.5 Å². The SMILES string of the molecule is CCOc1ccc2c(n1)c1ccccc1n2Cc1ccc(CP(=O)(O)O)cc1. The number of hydrogen-bond acceptors (Lipinski definition) is 3. The summed E-state index contributed by atoms with van der Waals surface area (Å²) in [4.78, 5) is 23.0. The number of nitrogens with zero attached hydrogens (tertiary/aromatic N) is 2. The summed E-state index contributed by atoms with van der Waals surface area (Å²) >= 11 is 0. The molecule has 2 N–H and O–H groups in total. The van der Waals surface area contributed by atoms with Gasteiger partial charge in [0, 0.05) is 18.0 Å². The van der Waals surface area contributed by atoms with Gasteiger partial charge in [-0.05, 0) is 30.2 Å². The lowest BCUT2D eigenvalue weighted by atomic mass is 10.1. The van der Waals surface area contributed by atoms with Crippen LogP contribution in [0.1, 0.15) is 18.1 Å². The van der Waals surface area contributed by atoms with Gasteiger partial charge < -0.3 is 19.1 Å². The molecule has 0 aliphatic heterocycles. The molecule has 0 unspecified atom stereocenters. The molecule has 0 radical (unpaired) electrons. The third kappa shape index (κ3) is 3.80. The summed E-state index contributed by atoms with van der Waals surface area (Å²) in [5, 5.41) is 1.07. The van der Waals surface area contributed by atoms with Crippen LogP contribution < -0.4 is 4.74 Å². The Hall–Kier alpha value is -2.66. The van der Waals surface area contributed by atoms with Gasteiger partial charge >= 0.3 is 7.60 Å². The van der Waals surface area contributed by atoms with Crippen molar-refractivity contribution in [3.63, 3.8) is 0 Å². The summed E-state index contributed by atoms with van der Waals surface area (Å²) in [6, 6.07) is 19.4. The van der Waals surface area contributed by atoms with Crippen LogP contribution in [-0.4, -0.2) is 25.9 Å². The van der Waals surface area contributed by atoms with Crippen molar-refractivity contribution in [2.24, 2.45) is 0 Å². The maximum absolute atomic E-state index is 11.2. The van der Waals surface area contributed by atoms with E-state index in [1.54, 1.807) is 12.1 Å². The van der Waals surface area contributed by atoms with Gasteiger partial charge in [0.05, 0.1) is 23.8 Å². The van der Waals surface area contributed by atoms with Crippen molar-refractivity contribution in [1.82, 2.24) is 9.55 Å². The van der Waals surface area contributed by atoms with Crippen molar-refractivity contribution in [3.05, 3.63) is 71.8 Å². The van der Waals surface area contributed by atoms with Crippen LogP contribution in [0.5, 0.6) is 5.88 Å². The van der Waals surface area contributed by atoms with Gasteiger partial charge in [0.2, 0.25) is 5.88 Å². The molecule has 0 atom stereocenters.